The third-order valence-corrected chi connectivity index (χ3v) is 3.99. The van der Waals surface area contributed by atoms with E-state index >= 15 is 0 Å². The lowest BCUT2D eigenvalue weighted by atomic mass is 10.0. The van der Waals surface area contributed by atoms with Crippen LogP contribution >= 0.6 is 0 Å². The Bertz CT molecular complexity index is 904. The number of amides is 2. The number of rotatable bonds is 5. The lowest BCUT2D eigenvalue weighted by Gasteiger charge is -2.07. The summed E-state index contributed by atoms with van der Waals surface area (Å²) >= 11 is 0. The van der Waals surface area contributed by atoms with Crippen molar-refractivity contribution in [3.05, 3.63) is 77.9 Å². The van der Waals surface area contributed by atoms with Crippen LogP contribution in [0.2, 0.25) is 0 Å². The van der Waals surface area contributed by atoms with Gasteiger partial charge in [0.1, 0.15) is 0 Å². The summed E-state index contributed by atoms with van der Waals surface area (Å²) in [6.45, 7) is 0. The maximum absolute atomic E-state index is 12.1. The summed E-state index contributed by atoms with van der Waals surface area (Å²) in [5, 5.41) is 13.7. The second kappa shape index (κ2) is 7.59. The van der Waals surface area contributed by atoms with Gasteiger partial charge < -0.3 is 5.32 Å². The molecule has 0 unspecified atom stereocenters. The first-order valence-corrected chi connectivity index (χ1v) is 7.98. The summed E-state index contributed by atoms with van der Waals surface area (Å²) in [6, 6.07) is 20.6. The molecule has 5 heteroatoms. The second-order valence-corrected chi connectivity index (χ2v) is 5.75. The number of nitrogens with one attached hydrogen (secondary N) is 2. The van der Waals surface area contributed by atoms with Crippen molar-refractivity contribution < 1.29 is 14.8 Å². The molecule has 3 aromatic carbocycles. The van der Waals surface area contributed by atoms with Crippen molar-refractivity contribution in [3.63, 3.8) is 0 Å². The molecular formula is C20H18N2O3. The van der Waals surface area contributed by atoms with Gasteiger partial charge >= 0.3 is 0 Å². The molecule has 0 bridgehead atoms. The van der Waals surface area contributed by atoms with Crippen molar-refractivity contribution in [1.82, 2.24) is 5.48 Å². The van der Waals surface area contributed by atoms with E-state index in [4.69, 9.17) is 5.21 Å². The first-order chi connectivity index (χ1) is 12.2. The maximum Gasteiger partial charge on any atom is 0.274 e. The summed E-state index contributed by atoms with van der Waals surface area (Å²) < 4.78 is 0. The van der Waals surface area contributed by atoms with Crippen molar-refractivity contribution in [2.75, 3.05) is 5.32 Å². The van der Waals surface area contributed by atoms with E-state index in [1.165, 1.54) is 17.5 Å². The number of anilines is 1. The number of hydroxylamine groups is 1. The van der Waals surface area contributed by atoms with Crippen LogP contribution in [0.3, 0.4) is 0 Å². The minimum absolute atomic E-state index is 0.0903. The predicted octanol–water partition coefficient (Wildman–Crippen LogP) is 3.53. The van der Waals surface area contributed by atoms with Crippen LogP contribution in [0.15, 0.2) is 66.7 Å². The van der Waals surface area contributed by atoms with E-state index in [0.29, 0.717) is 24.1 Å². The van der Waals surface area contributed by atoms with E-state index in [9.17, 15) is 9.59 Å². The van der Waals surface area contributed by atoms with Crippen LogP contribution in [0.5, 0.6) is 0 Å². The van der Waals surface area contributed by atoms with Crippen molar-refractivity contribution in [2.45, 2.75) is 12.8 Å². The molecule has 3 aromatic rings. The zero-order valence-corrected chi connectivity index (χ0v) is 13.5. The van der Waals surface area contributed by atoms with E-state index in [1.807, 2.05) is 18.2 Å². The first-order valence-electron chi connectivity index (χ1n) is 7.98. The average molecular weight is 334 g/mol. The highest BCUT2D eigenvalue weighted by Gasteiger charge is 2.06. The van der Waals surface area contributed by atoms with Crippen LogP contribution in [-0.4, -0.2) is 17.0 Å². The van der Waals surface area contributed by atoms with Crippen molar-refractivity contribution in [2.24, 2.45) is 0 Å². The Morgan fingerprint density at radius 3 is 2.32 bits per heavy atom. The predicted molar refractivity (Wildman–Crippen MR) is 96.6 cm³/mol. The summed E-state index contributed by atoms with van der Waals surface area (Å²) in [7, 11) is 0. The quantitative estimate of drug-likeness (QED) is 0.493. The molecule has 2 amide bonds. The first kappa shape index (κ1) is 16.7. The number of benzene rings is 3. The number of fused-ring (bicyclic) bond motifs is 1. The van der Waals surface area contributed by atoms with Gasteiger partial charge in [0, 0.05) is 17.7 Å². The molecule has 0 radical (unpaired) electrons. The highest BCUT2D eigenvalue weighted by Crippen LogP contribution is 2.17. The average Bonchev–Trinajstić information content (AvgIpc) is 2.66. The molecular weight excluding hydrogens is 316 g/mol. The second-order valence-electron chi connectivity index (χ2n) is 5.75. The van der Waals surface area contributed by atoms with Crippen LogP contribution in [0.1, 0.15) is 22.3 Å². The minimum atomic E-state index is -0.589. The Labute approximate surface area is 145 Å². The minimum Gasteiger partial charge on any atom is -0.326 e. The van der Waals surface area contributed by atoms with Crippen molar-refractivity contribution in [1.29, 1.82) is 0 Å². The fourth-order valence-corrected chi connectivity index (χ4v) is 2.65. The zero-order chi connectivity index (χ0) is 17.6. The van der Waals surface area contributed by atoms with Gasteiger partial charge in [-0.2, -0.15) is 0 Å². The zero-order valence-electron chi connectivity index (χ0n) is 13.5. The third-order valence-electron chi connectivity index (χ3n) is 3.99. The molecule has 0 fully saturated rings. The molecule has 0 aliphatic rings. The molecule has 0 aliphatic carbocycles. The largest absolute Gasteiger partial charge is 0.326 e. The number of hydrogen-bond donors (Lipinski definition) is 3. The summed E-state index contributed by atoms with van der Waals surface area (Å²) in [5.74, 6) is -0.679. The number of carbonyl (C=O) groups excluding carboxylic acids is 2. The van der Waals surface area contributed by atoms with Gasteiger partial charge in [-0.15, -0.1) is 0 Å². The van der Waals surface area contributed by atoms with Gasteiger partial charge in [0.05, 0.1) is 0 Å². The molecule has 0 aromatic heterocycles. The van der Waals surface area contributed by atoms with Gasteiger partial charge in [0.2, 0.25) is 5.91 Å². The molecule has 0 saturated carbocycles. The monoisotopic (exact) mass is 334 g/mol. The SMILES string of the molecule is O=C(CCc1ccc2ccccc2c1)Nc1ccc(C(=O)NO)cc1. The van der Waals surface area contributed by atoms with E-state index in [0.717, 1.165) is 10.9 Å². The molecule has 3 N–H and O–H groups in total. The molecule has 25 heavy (non-hydrogen) atoms. The standard InChI is InChI=1S/C20H18N2O3/c23-19(21-18-10-8-16(9-11-18)20(24)22-25)12-6-14-5-7-15-3-1-2-4-17(15)13-14/h1-5,7-11,13,25H,6,12H2,(H,21,23)(H,22,24). The van der Waals surface area contributed by atoms with E-state index in [1.54, 1.807) is 17.6 Å². The summed E-state index contributed by atoms with van der Waals surface area (Å²) in [4.78, 5) is 23.3. The molecule has 0 saturated heterocycles. The van der Waals surface area contributed by atoms with E-state index < -0.39 is 5.91 Å². The summed E-state index contributed by atoms with van der Waals surface area (Å²) in [6.07, 6.45) is 1.03. The highest BCUT2D eigenvalue weighted by molar-refractivity contribution is 5.95. The van der Waals surface area contributed by atoms with Gasteiger partial charge in [-0.1, -0.05) is 42.5 Å². The van der Waals surface area contributed by atoms with Crippen LogP contribution < -0.4 is 10.8 Å². The van der Waals surface area contributed by atoms with Crippen LogP contribution in [0, 0.1) is 0 Å². The van der Waals surface area contributed by atoms with Gasteiger partial charge in [-0.3, -0.25) is 14.8 Å². The number of carbonyl (C=O) groups is 2. The van der Waals surface area contributed by atoms with Gasteiger partial charge in [0.15, 0.2) is 0 Å². The molecule has 0 heterocycles. The fraction of sp³-hybridized carbons (Fsp3) is 0.100. The van der Waals surface area contributed by atoms with Crippen LogP contribution in [0.25, 0.3) is 10.8 Å². The number of aryl methyl sites for hydroxylation is 1. The van der Waals surface area contributed by atoms with Gasteiger partial charge in [-0.25, -0.2) is 5.48 Å². The lowest BCUT2D eigenvalue weighted by Crippen LogP contribution is -2.18. The Morgan fingerprint density at radius 1 is 0.880 bits per heavy atom. The van der Waals surface area contributed by atoms with Crippen LogP contribution in [-0.2, 0) is 11.2 Å². The Balaban J connectivity index is 1.57. The topological polar surface area (TPSA) is 78.4 Å². The molecule has 3 rings (SSSR count). The van der Waals surface area contributed by atoms with E-state index in [2.05, 4.69) is 29.6 Å². The normalized spacial score (nSPS) is 10.4. The fourth-order valence-electron chi connectivity index (χ4n) is 2.65. The molecule has 0 spiro atoms. The number of hydrogen-bond acceptors (Lipinski definition) is 3. The smallest absolute Gasteiger partial charge is 0.274 e. The van der Waals surface area contributed by atoms with Crippen molar-refractivity contribution in [3.8, 4) is 0 Å². The van der Waals surface area contributed by atoms with Gasteiger partial charge in [0.25, 0.3) is 5.91 Å². The Hall–Kier alpha value is -3.18. The molecule has 0 atom stereocenters. The molecule has 0 aliphatic heterocycles. The molecule has 5 nitrogen and oxygen atoms in total. The van der Waals surface area contributed by atoms with Crippen LogP contribution in [0.4, 0.5) is 5.69 Å². The Morgan fingerprint density at radius 2 is 1.60 bits per heavy atom. The molecule has 126 valence electrons. The van der Waals surface area contributed by atoms with Gasteiger partial charge in [-0.05, 0) is 47.0 Å². The highest BCUT2D eigenvalue weighted by atomic mass is 16.5. The van der Waals surface area contributed by atoms with E-state index in [-0.39, 0.29) is 5.91 Å². The summed E-state index contributed by atoms with van der Waals surface area (Å²) in [5.41, 5.74) is 3.61. The Kier molecular flexibility index (Phi) is 5.06. The van der Waals surface area contributed by atoms with Crippen molar-refractivity contribution >= 4 is 28.3 Å². The maximum atomic E-state index is 12.1. The lowest BCUT2D eigenvalue weighted by molar-refractivity contribution is -0.116. The third kappa shape index (κ3) is 4.22.